The summed E-state index contributed by atoms with van der Waals surface area (Å²) >= 11 is 0. The fourth-order valence-electron chi connectivity index (χ4n) is 19.2. The Morgan fingerprint density at radius 1 is 0.164 bits per heavy atom. The smallest absolute Gasteiger partial charge is 0.310 e. The van der Waals surface area contributed by atoms with Gasteiger partial charge in [0, 0.05) is 12.8 Å². The second-order valence-corrected chi connectivity index (χ2v) is 36.6. The van der Waals surface area contributed by atoms with Crippen LogP contribution in [0, 0.1) is 0 Å². The highest BCUT2D eigenvalue weighted by atomic mass is 16.8. The largest absolute Gasteiger partial charge is 0.489 e. The van der Waals surface area contributed by atoms with E-state index in [0.29, 0.717) is 25.0 Å². The Morgan fingerprint density at radius 3 is 0.425 bits per heavy atom. The predicted molar refractivity (Wildman–Crippen MR) is 438 cm³/mol. The number of rotatable bonds is 23. The Hall–Kier alpha value is -4.30. The van der Waals surface area contributed by atoms with Crippen molar-refractivity contribution < 1.29 is 316 Å². The molecule has 44 rings (SSSR count). The molecule has 44 saturated heterocycles. The van der Waals surface area contributed by atoms with Gasteiger partial charge in [0.25, 0.3) is 0 Å². The molecule has 24 bridgehead atoms. The maximum absolute atomic E-state index is 13.3. The summed E-state index contributed by atoms with van der Waals surface area (Å²) in [5.41, 5.74) is 0. The summed E-state index contributed by atoms with van der Waals surface area (Å²) in [6.07, 6.45) is -125. The maximum Gasteiger partial charge on any atom is 0.310 e. The second kappa shape index (κ2) is 52.0. The lowest BCUT2D eigenvalue weighted by Crippen LogP contribution is -2.69. The average molecular weight is 2140 g/mol. The molecule has 44 aliphatic rings. The van der Waals surface area contributed by atoms with Gasteiger partial charge in [0.2, 0.25) is 0 Å². The van der Waals surface area contributed by atoms with Crippen molar-refractivity contribution in [2.75, 3.05) is 79.3 Å². The van der Waals surface area contributed by atoms with Crippen LogP contribution in [-0.2, 0) is 142 Å². The van der Waals surface area contributed by atoms with Crippen LogP contribution in [0.4, 0.5) is 0 Å². The van der Waals surface area contributed by atoms with Crippen molar-refractivity contribution in [2.45, 2.75) is 394 Å². The van der Waals surface area contributed by atoms with Crippen LogP contribution in [0.1, 0.15) is 25.7 Å². The Labute approximate surface area is 823 Å². The number of esters is 2. The molecule has 0 unspecified atom stereocenters. The minimum Gasteiger partial charge on any atom is -0.489 e. The zero-order chi connectivity index (χ0) is 106. The van der Waals surface area contributed by atoms with Gasteiger partial charge >= 0.3 is 11.9 Å². The summed E-state index contributed by atoms with van der Waals surface area (Å²) in [7, 11) is 0. The molecule has 0 radical (unpaired) electrons. The van der Waals surface area contributed by atoms with E-state index >= 15 is 0 Å². The monoisotopic (exact) mass is 2140 g/mol. The molecule has 842 valence electrons. The molecule has 64 nitrogen and oxygen atoms in total. The molecule has 44 fully saturated rings. The zero-order valence-electron chi connectivity index (χ0n) is 76.7. The average Bonchev–Trinajstić information content (AvgIpc) is 0.765. The SMILES string of the molecule is O=C(CCCCC(=O)O/C=C/O[C@@H]1[C@@H](O)[C@H]2O[C@H]3[C@H](O)[C@@H](O)[C@@H](O[C@H]4[C@H](O)[C@@H](O)[C@@H](O[C@H]5[C@H](O)[C@@H](O)[C@@H](O[C@H]6[C@H](O)[C@@H](O)[C@@H](O[C@H]7[C@H](O)[C@@H](O)[C@@H](O[C@H]1[C@@H](CO)O2)O[C@@H]7CO)O[C@@H]6CO)O[C@@H]5CO)O[C@@H]4CO)O[C@@H]3CO)O/C=C/O[C@@H]1[C@@H](O)[C@H]2O[C@H]3[C@H](O)[C@@H](O)[C@@H](O[C@H]4[C@H](O)[C@@H](O)[C@@H](O[C@H]5[C@H](O)[C@@H](O)[C@@H](O[C@H]6[C@H](O)[C@@H](O)[C@@H](O[C@H]7[C@H](O)[C@@H](O)[C@@H](O[C@H]1[C@@H](CO)O2)O[C@@H]7CO)O[C@@H]6CO)O[C@@H]5CO)O[C@@H]4CO)O[C@@H]3CO. The van der Waals surface area contributed by atoms with E-state index in [1.54, 1.807) is 0 Å². The van der Waals surface area contributed by atoms with E-state index in [1.807, 2.05) is 0 Å². The summed E-state index contributed by atoms with van der Waals surface area (Å²) in [6, 6.07) is 0. The first-order valence-corrected chi connectivity index (χ1v) is 46.8. The Morgan fingerprint density at radius 2 is 0.288 bits per heavy atom. The van der Waals surface area contributed by atoms with Crippen LogP contribution in [0.5, 0.6) is 0 Å². The fourth-order valence-corrected chi connectivity index (χ4v) is 19.2. The van der Waals surface area contributed by atoms with Crippen molar-refractivity contribution in [3.63, 3.8) is 0 Å². The van der Waals surface area contributed by atoms with Crippen molar-refractivity contribution in [1.82, 2.24) is 0 Å². The van der Waals surface area contributed by atoms with Gasteiger partial charge in [0.1, 0.15) is 306 Å². The lowest BCUT2D eigenvalue weighted by molar-refractivity contribution is -0.404. The van der Waals surface area contributed by atoms with E-state index in [1.165, 1.54) is 0 Å². The number of ether oxygens (including phenoxy) is 28. The molecule has 64 heteroatoms. The van der Waals surface area contributed by atoms with E-state index < -0.39 is 473 Å². The minimum absolute atomic E-state index is 0.173. The first-order valence-electron chi connectivity index (χ1n) is 46.8. The molecule has 0 spiro atoms. The molecule has 0 aliphatic carbocycles. The molecule has 44 aliphatic heterocycles. The van der Waals surface area contributed by atoms with Gasteiger partial charge in [-0.25, -0.2) is 0 Å². The number of carbonyl (C=O) groups excluding carboxylic acids is 2. The number of aliphatic hydroxyl groups is 34. The quantitative estimate of drug-likeness (QED) is 0.0257. The summed E-state index contributed by atoms with van der Waals surface area (Å²) in [6.45, 7) is -13.6. The van der Waals surface area contributed by atoms with Gasteiger partial charge in [-0.05, 0) is 12.8 Å². The third-order valence-corrected chi connectivity index (χ3v) is 27.3. The highest BCUT2D eigenvalue weighted by Crippen LogP contribution is 2.44. The van der Waals surface area contributed by atoms with E-state index in [9.17, 15) is 183 Å². The molecule has 34 N–H and O–H groups in total. The van der Waals surface area contributed by atoms with Gasteiger partial charge in [-0.1, -0.05) is 0 Å². The third-order valence-electron chi connectivity index (χ3n) is 27.3. The van der Waals surface area contributed by atoms with Crippen molar-refractivity contribution in [3.05, 3.63) is 25.0 Å². The standard InChI is InChI=1S/C82H130O64/c83-9-21-57-35(97)45(107)71(123-21)137-59-23(11-85)127-75(49(111)39(59)101)141-63-27(15-89)131-79(53(115)43(63)105)145-67-31(19-93)133-81(143-65-29(17-91)129-77(51(113)41(65)103)139-61-25(13-87)125-73(135-57)47(109)37(61)99)55(117)69(67)121-7-5-119-33(95)3-1-2-4-34(96)120-6-8-122-70-56(118)82-134-32(20-94)68(70)146-80-54(116)44(106)64(28(16-90)132-80)142-76-50(112)40(102)60(24(12-86)128-76)138-72-46(108)36(98)58(22(10-84)124-72)136-74-48(110)38(100)62(26(14-88)126-74)140-78-52(114)42(104)66(144-82)30(18-92)130-78/h5-8,21-32,35-94,97-118H,1-4,9-20H2/b7-5+,8-6+/t21-,22-,23-,24-,25-,26-,27-,28-,29-,30-,31-,32-,35-,36-,37-,38-,39-,40-,41-,42-,43-,44-,45-,46-,47-,48-,49-,50-,51-,52-,53-,54-,55-,56-,57-,58-,59-,60-,61-,62-,63-,64-,65-,66-,67+,68+,69-,70-,71-,72-,73-,74-,75-,76-,77-,78-,79-,80-,81-,82-/m1/s1. The van der Waals surface area contributed by atoms with Crippen LogP contribution in [0.25, 0.3) is 0 Å². The summed E-state index contributed by atoms with van der Waals surface area (Å²) in [5.74, 6) is -2.12. The van der Waals surface area contributed by atoms with Crippen LogP contribution < -0.4 is 0 Å². The van der Waals surface area contributed by atoms with E-state index in [-0.39, 0.29) is 12.8 Å². The van der Waals surface area contributed by atoms with Gasteiger partial charge in [-0.2, -0.15) is 0 Å². The number of aliphatic hydroxyl groups excluding tert-OH is 34. The lowest BCUT2D eigenvalue weighted by atomic mass is 9.94. The molecule has 0 aromatic rings. The highest BCUT2D eigenvalue weighted by Gasteiger charge is 2.65. The summed E-state index contributed by atoms with van der Waals surface area (Å²) in [4.78, 5) is 26.7. The van der Waals surface area contributed by atoms with Crippen LogP contribution in [0.3, 0.4) is 0 Å². The van der Waals surface area contributed by atoms with Crippen LogP contribution in [0.15, 0.2) is 25.0 Å². The fraction of sp³-hybridized carbons (Fsp3) is 0.927. The molecule has 44 heterocycles. The molecule has 0 saturated carbocycles. The summed E-state index contributed by atoms with van der Waals surface area (Å²) < 4.78 is 162. The van der Waals surface area contributed by atoms with E-state index in [0.717, 1.165) is 0 Å². The van der Waals surface area contributed by atoms with Gasteiger partial charge in [-0.3, -0.25) is 9.59 Å². The molecular formula is C82H130O64. The van der Waals surface area contributed by atoms with Crippen molar-refractivity contribution in [2.24, 2.45) is 0 Å². The van der Waals surface area contributed by atoms with Gasteiger partial charge in [0.05, 0.1) is 79.3 Å². The molecular weight excluding hydrogens is 2010 g/mol. The van der Waals surface area contributed by atoms with E-state index in [4.69, 9.17) is 133 Å². The Balaban J connectivity index is 0.647. The van der Waals surface area contributed by atoms with Gasteiger partial charge in [0.15, 0.2) is 87.7 Å². The number of unbranched alkanes of at least 4 members (excludes halogenated alkanes) is 1. The minimum atomic E-state index is -2.36. The first kappa shape index (κ1) is 117. The Kier molecular flexibility index (Phi) is 41.8. The van der Waals surface area contributed by atoms with Crippen molar-refractivity contribution in [3.8, 4) is 0 Å². The molecule has 0 aromatic heterocycles. The van der Waals surface area contributed by atoms with Gasteiger partial charge < -0.3 is 306 Å². The zero-order valence-corrected chi connectivity index (χ0v) is 76.7. The maximum atomic E-state index is 13.3. The van der Waals surface area contributed by atoms with Crippen molar-refractivity contribution >= 4 is 11.9 Å². The van der Waals surface area contributed by atoms with Crippen LogP contribution in [0.2, 0.25) is 0 Å². The summed E-state index contributed by atoms with van der Waals surface area (Å²) in [5, 5.41) is 384. The van der Waals surface area contributed by atoms with Crippen molar-refractivity contribution in [1.29, 1.82) is 0 Å². The molecule has 0 aromatic carbocycles. The highest BCUT2D eigenvalue weighted by molar-refractivity contribution is 5.71. The first-order chi connectivity index (χ1) is 69.8. The molecule has 146 heavy (non-hydrogen) atoms. The lowest BCUT2D eigenvalue weighted by Gasteiger charge is -2.51. The second-order valence-electron chi connectivity index (χ2n) is 36.6. The topological polar surface area (TPSA) is 980 Å². The molecule has 60 atom stereocenters. The van der Waals surface area contributed by atoms with Crippen LogP contribution >= 0.6 is 0 Å². The third kappa shape index (κ3) is 24.9. The van der Waals surface area contributed by atoms with Crippen LogP contribution in [-0.4, -0.2) is 633 Å². The normalized spacial score (nSPS) is 51.3. The van der Waals surface area contributed by atoms with Gasteiger partial charge in [-0.15, -0.1) is 0 Å². The molecule has 0 amide bonds. The predicted octanol–water partition coefficient (Wildman–Crippen LogP) is -23.5. The number of carbonyl (C=O) groups is 2. The van der Waals surface area contributed by atoms with E-state index in [2.05, 4.69) is 0 Å². The number of hydrogen-bond donors (Lipinski definition) is 34. The number of hydrogen-bond acceptors (Lipinski definition) is 64. The Bertz CT molecular complexity index is 3760.